The molecular formula is C18H17F3N4O. The summed E-state index contributed by atoms with van der Waals surface area (Å²) in [5.74, 6) is -0.0662. The van der Waals surface area contributed by atoms with Gasteiger partial charge in [0.15, 0.2) is 6.61 Å². The largest absolute Gasteiger partial charge is 0.468 e. The molecule has 0 aliphatic carbocycles. The number of rotatable bonds is 7. The van der Waals surface area contributed by atoms with Crippen molar-refractivity contribution in [3.63, 3.8) is 0 Å². The Morgan fingerprint density at radius 1 is 1.00 bits per heavy atom. The minimum Gasteiger partial charge on any atom is -0.468 e. The summed E-state index contributed by atoms with van der Waals surface area (Å²) in [5.41, 5.74) is 2.83. The normalized spacial score (nSPS) is 11.3. The first kappa shape index (κ1) is 17.8. The maximum Gasteiger partial charge on any atom is 0.422 e. The highest BCUT2D eigenvalue weighted by molar-refractivity contribution is 5.42. The Bertz CT molecular complexity index is 816. The molecule has 0 aliphatic heterocycles. The van der Waals surface area contributed by atoms with Crippen LogP contribution in [-0.4, -0.2) is 27.5 Å². The van der Waals surface area contributed by atoms with Gasteiger partial charge in [0.05, 0.1) is 24.6 Å². The van der Waals surface area contributed by atoms with E-state index in [1.165, 1.54) is 12.3 Å². The molecule has 1 N–H and O–H groups in total. The van der Waals surface area contributed by atoms with Crippen LogP contribution in [0.15, 0.2) is 61.1 Å². The van der Waals surface area contributed by atoms with Gasteiger partial charge in [0.25, 0.3) is 0 Å². The van der Waals surface area contributed by atoms with Crippen LogP contribution in [0, 0.1) is 0 Å². The molecule has 0 amide bonds. The minimum atomic E-state index is -4.38. The number of aromatic nitrogens is 3. The average Bonchev–Trinajstić information content (AvgIpc) is 3.07. The van der Waals surface area contributed by atoms with Gasteiger partial charge in [-0.3, -0.25) is 4.68 Å². The second-order valence-corrected chi connectivity index (χ2v) is 5.67. The van der Waals surface area contributed by atoms with Crippen molar-refractivity contribution in [3.8, 4) is 5.88 Å². The van der Waals surface area contributed by atoms with Crippen LogP contribution in [0.5, 0.6) is 5.88 Å². The Hall–Kier alpha value is -3.03. The number of hydrogen-bond acceptors (Lipinski definition) is 4. The zero-order valence-electron chi connectivity index (χ0n) is 13.8. The van der Waals surface area contributed by atoms with E-state index >= 15 is 0 Å². The van der Waals surface area contributed by atoms with Crippen LogP contribution in [0.4, 0.5) is 18.9 Å². The van der Waals surface area contributed by atoms with E-state index in [-0.39, 0.29) is 5.88 Å². The van der Waals surface area contributed by atoms with Crippen molar-refractivity contribution < 1.29 is 17.9 Å². The molecule has 0 radical (unpaired) electrons. The second-order valence-electron chi connectivity index (χ2n) is 5.67. The van der Waals surface area contributed by atoms with Gasteiger partial charge in [-0.25, -0.2) is 4.98 Å². The van der Waals surface area contributed by atoms with Crippen molar-refractivity contribution in [1.29, 1.82) is 0 Å². The monoisotopic (exact) mass is 362 g/mol. The molecule has 0 unspecified atom stereocenters. The maximum absolute atomic E-state index is 12.1. The Kier molecular flexibility index (Phi) is 5.40. The summed E-state index contributed by atoms with van der Waals surface area (Å²) in [4.78, 5) is 3.85. The van der Waals surface area contributed by atoms with Gasteiger partial charge in [-0.2, -0.15) is 18.3 Å². The van der Waals surface area contributed by atoms with Crippen LogP contribution >= 0.6 is 0 Å². The van der Waals surface area contributed by atoms with Gasteiger partial charge in [-0.1, -0.05) is 30.3 Å². The van der Waals surface area contributed by atoms with Gasteiger partial charge in [-0.05, 0) is 11.6 Å². The third kappa shape index (κ3) is 5.51. The molecule has 0 aliphatic rings. The second kappa shape index (κ2) is 7.90. The molecule has 1 aromatic carbocycles. The standard InChI is InChI=1S/C18H17F3N4O/c19-18(20,21)13-26-17-7-6-16(10-23-17)22-8-15-9-24-25(12-15)11-14-4-2-1-3-5-14/h1-7,9-10,12,22H,8,11,13H2. The number of nitrogens with zero attached hydrogens (tertiary/aromatic N) is 3. The fourth-order valence-corrected chi connectivity index (χ4v) is 2.28. The molecule has 0 spiro atoms. The number of alkyl halides is 3. The number of benzene rings is 1. The predicted octanol–water partition coefficient (Wildman–Crippen LogP) is 3.88. The zero-order valence-corrected chi connectivity index (χ0v) is 13.8. The summed E-state index contributed by atoms with van der Waals surface area (Å²) in [6.45, 7) is -0.139. The summed E-state index contributed by atoms with van der Waals surface area (Å²) in [6, 6.07) is 13.0. The number of nitrogens with one attached hydrogen (secondary N) is 1. The van der Waals surface area contributed by atoms with E-state index < -0.39 is 12.8 Å². The van der Waals surface area contributed by atoms with E-state index in [1.807, 2.05) is 41.2 Å². The quantitative estimate of drug-likeness (QED) is 0.693. The summed E-state index contributed by atoms with van der Waals surface area (Å²) in [7, 11) is 0. The van der Waals surface area contributed by atoms with Crippen LogP contribution in [-0.2, 0) is 13.1 Å². The van der Waals surface area contributed by atoms with Crippen LogP contribution in [0.3, 0.4) is 0 Å². The summed E-state index contributed by atoms with van der Waals surface area (Å²) >= 11 is 0. The van der Waals surface area contributed by atoms with E-state index in [1.54, 1.807) is 12.3 Å². The third-order valence-corrected chi connectivity index (χ3v) is 3.49. The molecule has 2 aromatic heterocycles. The molecule has 26 heavy (non-hydrogen) atoms. The Labute approximate surface area is 148 Å². The lowest BCUT2D eigenvalue weighted by Crippen LogP contribution is -2.19. The highest BCUT2D eigenvalue weighted by Gasteiger charge is 2.28. The minimum absolute atomic E-state index is 0.0662. The van der Waals surface area contributed by atoms with Gasteiger partial charge < -0.3 is 10.1 Å². The Morgan fingerprint density at radius 2 is 1.81 bits per heavy atom. The van der Waals surface area contributed by atoms with Gasteiger partial charge in [0.2, 0.25) is 5.88 Å². The molecule has 0 atom stereocenters. The SMILES string of the molecule is FC(F)(F)COc1ccc(NCc2cnn(Cc3ccccc3)c2)cn1. The van der Waals surface area contributed by atoms with Crippen LogP contribution in [0.25, 0.3) is 0 Å². The average molecular weight is 362 g/mol. The van der Waals surface area contributed by atoms with Gasteiger partial charge in [0, 0.05) is 24.4 Å². The molecule has 0 bridgehead atoms. The molecule has 5 nitrogen and oxygen atoms in total. The van der Waals surface area contributed by atoms with E-state index in [0.717, 1.165) is 11.1 Å². The van der Waals surface area contributed by atoms with Gasteiger partial charge >= 0.3 is 6.18 Å². The first-order valence-corrected chi connectivity index (χ1v) is 7.93. The Balaban J connectivity index is 1.50. The molecule has 136 valence electrons. The van der Waals surface area contributed by atoms with E-state index in [9.17, 15) is 13.2 Å². The fourth-order valence-electron chi connectivity index (χ4n) is 2.28. The van der Waals surface area contributed by atoms with E-state index in [0.29, 0.717) is 18.8 Å². The first-order chi connectivity index (χ1) is 12.5. The molecule has 0 saturated carbocycles. The van der Waals surface area contributed by atoms with Crippen molar-refractivity contribution in [1.82, 2.24) is 14.8 Å². The van der Waals surface area contributed by atoms with Crippen molar-refractivity contribution >= 4 is 5.69 Å². The van der Waals surface area contributed by atoms with E-state index in [2.05, 4.69) is 20.1 Å². The maximum atomic E-state index is 12.1. The lowest BCUT2D eigenvalue weighted by atomic mass is 10.2. The molecule has 3 rings (SSSR count). The number of anilines is 1. The fraction of sp³-hybridized carbons (Fsp3) is 0.222. The summed E-state index contributed by atoms with van der Waals surface area (Å²) in [5, 5.41) is 7.46. The third-order valence-electron chi connectivity index (χ3n) is 3.49. The predicted molar refractivity (Wildman–Crippen MR) is 90.9 cm³/mol. The van der Waals surface area contributed by atoms with Crippen LogP contribution in [0.2, 0.25) is 0 Å². The highest BCUT2D eigenvalue weighted by atomic mass is 19.4. The highest BCUT2D eigenvalue weighted by Crippen LogP contribution is 2.18. The number of hydrogen-bond donors (Lipinski definition) is 1. The molecular weight excluding hydrogens is 345 g/mol. The van der Waals surface area contributed by atoms with Crippen LogP contribution < -0.4 is 10.1 Å². The molecule has 0 fully saturated rings. The molecule has 0 saturated heterocycles. The van der Waals surface area contributed by atoms with Crippen molar-refractivity contribution in [2.45, 2.75) is 19.3 Å². The lowest BCUT2D eigenvalue weighted by molar-refractivity contribution is -0.154. The number of pyridine rings is 1. The topological polar surface area (TPSA) is 52.0 Å². The first-order valence-electron chi connectivity index (χ1n) is 7.93. The smallest absolute Gasteiger partial charge is 0.422 e. The molecule has 3 aromatic rings. The number of halogens is 3. The molecule has 2 heterocycles. The summed E-state index contributed by atoms with van der Waals surface area (Å²) < 4.78 is 42.7. The van der Waals surface area contributed by atoms with Crippen molar-refractivity contribution in [2.75, 3.05) is 11.9 Å². The number of ether oxygens (including phenoxy) is 1. The van der Waals surface area contributed by atoms with E-state index in [4.69, 9.17) is 0 Å². The Morgan fingerprint density at radius 3 is 2.50 bits per heavy atom. The molecule has 8 heteroatoms. The van der Waals surface area contributed by atoms with Crippen molar-refractivity contribution in [2.24, 2.45) is 0 Å². The van der Waals surface area contributed by atoms with Gasteiger partial charge in [0.1, 0.15) is 0 Å². The zero-order chi connectivity index (χ0) is 18.4. The lowest BCUT2D eigenvalue weighted by Gasteiger charge is -2.09. The van der Waals surface area contributed by atoms with Crippen LogP contribution in [0.1, 0.15) is 11.1 Å². The van der Waals surface area contributed by atoms with Gasteiger partial charge in [-0.15, -0.1) is 0 Å². The summed E-state index contributed by atoms with van der Waals surface area (Å²) in [6.07, 6.45) is 0.761. The van der Waals surface area contributed by atoms with Crippen molar-refractivity contribution in [3.05, 3.63) is 72.2 Å².